The van der Waals surface area contributed by atoms with Gasteiger partial charge in [0, 0.05) is 12.6 Å². The van der Waals surface area contributed by atoms with Crippen LogP contribution in [0, 0.1) is 0 Å². The zero-order chi connectivity index (χ0) is 14.5. The smallest absolute Gasteiger partial charge is 0.272 e. The number of aryl methyl sites for hydroxylation is 1. The molecule has 0 saturated heterocycles. The molecule has 20 heavy (non-hydrogen) atoms. The second-order valence-electron chi connectivity index (χ2n) is 4.48. The van der Waals surface area contributed by atoms with Crippen LogP contribution in [0.2, 0.25) is 0 Å². The van der Waals surface area contributed by atoms with Gasteiger partial charge in [0.15, 0.2) is 0 Å². The lowest BCUT2D eigenvalue weighted by Crippen LogP contribution is -2.30. The zero-order valence-corrected chi connectivity index (χ0v) is 11.5. The third kappa shape index (κ3) is 3.12. The van der Waals surface area contributed by atoms with Gasteiger partial charge in [-0.1, -0.05) is 30.3 Å². The maximum atomic E-state index is 12.1. The fourth-order valence-corrected chi connectivity index (χ4v) is 1.89. The van der Waals surface area contributed by atoms with E-state index in [1.165, 1.54) is 16.8 Å². The van der Waals surface area contributed by atoms with Gasteiger partial charge in [-0.05, 0) is 25.5 Å². The summed E-state index contributed by atoms with van der Waals surface area (Å²) in [6.45, 7) is 4.15. The number of hydrogen-bond acceptors (Lipinski definition) is 3. The molecule has 0 radical (unpaired) electrons. The van der Waals surface area contributed by atoms with Crippen molar-refractivity contribution < 1.29 is 4.79 Å². The molecule has 0 bridgehead atoms. The number of rotatable bonds is 4. The van der Waals surface area contributed by atoms with Gasteiger partial charge in [-0.15, -0.1) is 0 Å². The Balaban J connectivity index is 2.14. The zero-order valence-electron chi connectivity index (χ0n) is 11.5. The Labute approximate surface area is 117 Å². The van der Waals surface area contributed by atoms with E-state index in [1.807, 2.05) is 44.2 Å². The van der Waals surface area contributed by atoms with Crippen molar-refractivity contribution in [2.24, 2.45) is 0 Å². The summed E-state index contributed by atoms with van der Waals surface area (Å²) in [6, 6.07) is 12.4. The van der Waals surface area contributed by atoms with Crippen molar-refractivity contribution in [1.82, 2.24) is 15.1 Å². The monoisotopic (exact) mass is 271 g/mol. The van der Waals surface area contributed by atoms with E-state index in [0.29, 0.717) is 6.54 Å². The third-order valence-electron chi connectivity index (χ3n) is 3.05. The molecule has 2 aromatic rings. The molecule has 1 aromatic carbocycles. The van der Waals surface area contributed by atoms with E-state index in [0.717, 1.165) is 5.56 Å². The molecule has 0 aliphatic rings. The molecule has 0 saturated carbocycles. The molecular formula is C15H17N3O2. The minimum absolute atomic E-state index is 0.118. The fourth-order valence-electron chi connectivity index (χ4n) is 1.89. The van der Waals surface area contributed by atoms with Crippen LogP contribution < -0.4 is 10.9 Å². The summed E-state index contributed by atoms with van der Waals surface area (Å²) >= 11 is 0. The van der Waals surface area contributed by atoms with Gasteiger partial charge in [-0.2, -0.15) is 5.10 Å². The van der Waals surface area contributed by atoms with Crippen molar-refractivity contribution in [1.29, 1.82) is 0 Å². The average Bonchev–Trinajstić information content (AvgIpc) is 2.48. The van der Waals surface area contributed by atoms with Crippen LogP contribution in [0.4, 0.5) is 0 Å². The number of aromatic nitrogens is 2. The summed E-state index contributed by atoms with van der Waals surface area (Å²) in [6.07, 6.45) is 0. The Hall–Kier alpha value is -2.43. The molecular weight excluding hydrogens is 254 g/mol. The molecule has 1 aromatic heterocycles. The molecule has 1 unspecified atom stereocenters. The Morgan fingerprint density at radius 2 is 1.95 bits per heavy atom. The second kappa shape index (κ2) is 6.14. The van der Waals surface area contributed by atoms with Gasteiger partial charge >= 0.3 is 0 Å². The van der Waals surface area contributed by atoms with E-state index in [4.69, 9.17) is 0 Å². The minimum Gasteiger partial charge on any atom is -0.344 e. The number of amides is 1. The lowest BCUT2D eigenvalue weighted by atomic mass is 10.1. The highest BCUT2D eigenvalue weighted by Gasteiger charge is 2.13. The SMILES string of the molecule is CCn1nc(C(=O)NC(C)c2ccccc2)ccc1=O. The van der Waals surface area contributed by atoms with E-state index in [1.54, 1.807) is 0 Å². The van der Waals surface area contributed by atoms with Crippen molar-refractivity contribution in [3.63, 3.8) is 0 Å². The predicted octanol–water partition coefficient (Wildman–Crippen LogP) is 1.75. The molecule has 1 heterocycles. The molecule has 1 atom stereocenters. The maximum Gasteiger partial charge on any atom is 0.272 e. The highest BCUT2D eigenvalue weighted by molar-refractivity contribution is 5.92. The molecule has 0 spiro atoms. The summed E-state index contributed by atoms with van der Waals surface area (Å²) in [4.78, 5) is 23.6. The van der Waals surface area contributed by atoms with Crippen molar-refractivity contribution in [2.75, 3.05) is 0 Å². The van der Waals surface area contributed by atoms with E-state index in [-0.39, 0.29) is 23.2 Å². The highest BCUT2D eigenvalue weighted by atomic mass is 16.2. The molecule has 5 nitrogen and oxygen atoms in total. The Kier molecular flexibility index (Phi) is 4.30. The van der Waals surface area contributed by atoms with E-state index in [2.05, 4.69) is 10.4 Å². The molecule has 104 valence electrons. The number of benzene rings is 1. The normalized spacial score (nSPS) is 11.9. The van der Waals surface area contributed by atoms with Crippen molar-refractivity contribution in [3.8, 4) is 0 Å². The fraction of sp³-hybridized carbons (Fsp3) is 0.267. The maximum absolute atomic E-state index is 12.1. The Bertz CT molecular complexity index is 650. The first-order chi connectivity index (χ1) is 9.61. The lowest BCUT2D eigenvalue weighted by molar-refractivity contribution is 0.0932. The van der Waals surface area contributed by atoms with Gasteiger partial charge < -0.3 is 5.32 Å². The van der Waals surface area contributed by atoms with Gasteiger partial charge in [0.1, 0.15) is 5.69 Å². The number of nitrogens with zero attached hydrogens (tertiary/aromatic N) is 2. The molecule has 1 amide bonds. The standard InChI is InChI=1S/C15H17N3O2/c1-3-18-14(19)10-9-13(17-18)15(20)16-11(2)12-7-5-4-6-8-12/h4-11H,3H2,1-2H3,(H,16,20). The number of carbonyl (C=O) groups is 1. The third-order valence-corrected chi connectivity index (χ3v) is 3.05. The molecule has 0 aliphatic carbocycles. The van der Waals surface area contributed by atoms with Crippen LogP contribution in [-0.4, -0.2) is 15.7 Å². The first-order valence-corrected chi connectivity index (χ1v) is 6.55. The number of hydrogen-bond donors (Lipinski definition) is 1. The second-order valence-corrected chi connectivity index (χ2v) is 4.48. The van der Waals surface area contributed by atoms with Crippen LogP contribution in [0.3, 0.4) is 0 Å². The Morgan fingerprint density at radius 3 is 2.60 bits per heavy atom. The molecule has 0 aliphatic heterocycles. The predicted molar refractivity (Wildman–Crippen MR) is 76.5 cm³/mol. The number of nitrogens with one attached hydrogen (secondary N) is 1. The van der Waals surface area contributed by atoms with Crippen LogP contribution in [0.1, 0.15) is 35.9 Å². The average molecular weight is 271 g/mol. The summed E-state index contributed by atoms with van der Waals surface area (Å²) < 4.78 is 1.27. The molecule has 2 rings (SSSR count). The van der Waals surface area contributed by atoms with Crippen molar-refractivity contribution in [3.05, 3.63) is 64.1 Å². The number of carbonyl (C=O) groups excluding carboxylic acids is 1. The van der Waals surface area contributed by atoms with Crippen LogP contribution >= 0.6 is 0 Å². The van der Waals surface area contributed by atoms with Gasteiger partial charge in [0.05, 0.1) is 6.04 Å². The summed E-state index contributed by atoms with van der Waals surface area (Å²) in [5.74, 6) is -0.288. The van der Waals surface area contributed by atoms with Crippen molar-refractivity contribution in [2.45, 2.75) is 26.4 Å². The first kappa shape index (κ1) is 14.0. The van der Waals surface area contributed by atoms with Crippen molar-refractivity contribution >= 4 is 5.91 Å². The van der Waals surface area contributed by atoms with Gasteiger partial charge in [-0.25, -0.2) is 4.68 Å². The summed E-state index contributed by atoms with van der Waals surface area (Å²) in [7, 11) is 0. The minimum atomic E-state index is -0.288. The molecule has 5 heteroatoms. The van der Waals surface area contributed by atoms with Crippen LogP contribution in [0.15, 0.2) is 47.3 Å². The van der Waals surface area contributed by atoms with Crippen LogP contribution in [-0.2, 0) is 6.54 Å². The first-order valence-electron chi connectivity index (χ1n) is 6.55. The largest absolute Gasteiger partial charge is 0.344 e. The Morgan fingerprint density at radius 1 is 1.25 bits per heavy atom. The quantitative estimate of drug-likeness (QED) is 0.921. The lowest BCUT2D eigenvalue weighted by Gasteiger charge is -2.14. The van der Waals surface area contributed by atoms with E-state index in [9.17, 15) is 9.59 Å². The van der Waals surface area contributed by atoms with Gasteiger partial charge in [0.25, 0.3) is 11.5 Å². The van der Waals surface area contributed by atoms with Gasteiger partial charge in [-0.3, -0.25) is 9.59 Å². The van der Waals surface area contributed by atoms with E-state index < -0.39 is 0 Å². The van der Waals surface area contributed by atoms with Gasteiger partial charge in [0.2, 0.25) is 0 Å². The molecule has 1 N–H and O–H groups in total. The summed E-state index contributed by atoms with van der Waals surface area (Å²) in [5, 5.41) is 6.90. The summed E-state index contributed by atoms with van der Waals surface area (Å²) in [5.41, 5.74) is 1.05. The van der Waals surface area contributed by atoms with Crippen LogP contribution in [0.5, 0.6) is 0 Å². The van der Waals surface area contributed by atoms with Crippen LogP contribution in [0.25, 0.3) is 0 Å². The highest BCUT2D eigenvalue weighted by Crippen LogP contribution is 2.11. The topological polar surface area (TPSA) is 64.0 Å². The van der Waals surface area contributed by atoms with E-state index >= 15 is 0 Å². The molecule has 0 fully saturated rings.